The Kier molecular flexibility index (Phi) is 3.48. The predicted octanol–water partition coefficient (Wildman–Crippen LogP) is 2.26. The lowest BCUT2D eigenvalue weighted by molar-refractivity contribution is -0.120. The first-order valence-corrected chi connectivity index (χ1v) is 9.65. The standard InChI is InChI=1S/C18H24N4OS/c1-10-6-5-7-22-14(10)16(24-4)20-17(22)18(2,3)21-8-11-12(9-21)13(11)15(19)23/h5-7,11-13H,8-9H2,1-4H3,(H2,19,23). The van der Waals surface area contributed by atoms with E-state index in [4.69, 9.17) is 10.7 Å². The zero-order valence-electron chi connectivity index (χ0n) is 14.6. The van der Waals surface area contributed by atoms with Crippen molar-refractivity contribution in [3.05, 3.63) is 29.7 Å². The molecule has 1 amide bonds. The normalized spacial score (nSPS) is 26.8. The number of aryl methyl sites for hydroxylation is 1. The van der Waals surface area contributed by atoms with Gasteiger partial charge < -0.3 is 10.1 Å². The zero-order chi connectivity index (χ0) is 17.2. The van der Waals surface area contributed by atoms with Crippen LogP contribution >= 0.6 is 11.8 Å². The average Bonchev–Trinajstić information content (AvgIpc) is 2.90. The van der Waals surface area contributed by atoms with Crippen LogP contribution in [-0.4, -0.2) is 39.5 Å². The van der Waals surface area contributed by atoms with Crippen molar-refractivity contribution in [3.8, 4) is 0 Å². The highest BCUT2D eigenvalue weighted by Gasteiger charge is 2.60. The van der Waals surface area contributed by atoms with Crippen LogP contribution < -0.4 is 5.73 Å². The van der Waals surface area contributed by atoms with Gasteiger partial charge in [-0.3, -0.25) is 9.69 Å². The fraction of sp³-hybridized carbons (Fsp3) is 0.556. The van der Waals surface area contributed by atoms with E-state index in [1.807, 2.05) is 0 Å². The Morgan fingerprint density at radius 3 is 2.62 bits per heavy atom. The maximum Gasteiger partial charge on any atom is 0.221 e. The number of hydrogen-bond acceptors (Lipinski definition) is 4. The third kappa shape index (κ3) is 2.12. The van der Waals surface area contributed by atoms with E-state index in [0.717, 1.165) is 23.9 Å². The van der Waals surface area contributed by atoms with Gasteiger partial charge in [-0.1, -0.05) is 6.07 Å². The molecule has 2 fully saturated rings. The van der Waals surface area contributed by atoms with Crippen molar-refractivity contribution in [2.75, 3.05) is 19.3 Å². The minimum Gasteiger partial charge on any atom is -0.369 e. The minimum atomic E-state index is -0.180. The Morgan fingerprint density at radius 1 is 1.38 bits per heavy atom. The molecule has 128 valence electrons. The first-order valence-electron chi connectivity index (χ1n) is 8.42. The topological polar surface area (TPSA) is 63.6 Å². The molecule has 1 aliphatic carbocycles. The summed E-state index contributed by atoms with van der Waals surface area (Å²) in [6, 6.07) is 4.22. The molecule has 2 unspecified atom stereocenters. The molecule has 2 aliphatic rings. The average molecular weight is 344 g/mol. The molecule has 1 aliphatic heterocycles. The summed E-state index contributed by atoms with van der Waals surface area (Å²) in [7, 11) is 0. The third-order valence-corrected chi connectivity index (χ3v) is 6.56. The van der Waals surface area contributed by atoms with Crippen molar-refractivity contribution < 1.29 is 4.79 Å². The van der Waals surface area contributed by atoms with E-state index in [-0.39, 0.29) is 17.4 Å². The lowest BCUT2D eigenvalue weighted by Gasteiger charge is -2.36. The van der Waals surface area contributed by atoms with Gasteiger partial charge in [0, 0.05) is 25.2 Å². The number of fused-ring (bicyclic) bond motifs is 2. The fourth-order valence-corrected chi connectivity index (χ4v) is 5.02. The number of hydrogen-bond donors (Lipinski definition) is 1. The van der Waals surface area contributed by atoms with Crippen molar-refractivity contribution in [1.82, 2.24) is 14.3 Å². The summed E-state index contributed by atoms with van der Waals surface area (Å²) in [5.74, 6) is 1.92. The molecule has 5 nitrogen and oxygen atoms in total. The Morgan fingerprint density at radius 2 is 2.04 bits per heavy atom. The van der Waals surface area contributed by atoms with Gasteiger partial charge in [-0.05, 0) is 50.5 Å². The first-order chi connectivity index (χ1) is 11.4. The number of aromatic nitrogens is 2. The number of carbonyl (C=O) groups excluding carboxylic acids is 1. The molecule has 24 heavy (non-hydrogen) atoms. The number of nitrogens with zero attached hydrogens (tertiary/aromatic N) is 3. The van der Waals surface area contributed by atoms with Gasteiger partial charge in [0.1, 0.15) is 10.9 Å². The smallest absolute Gasteiger partial charge is 0.221 e. The maximum atomic E-state index is 11.4. The van der Waals surface area contributed by atoms with Crippen LogP contribution in [-0.2, 0) is 10.3 Å². The number of rotatable bonds is 4. The van der Waals surface area contributed by atoms with E-state index < -0.39 is 0 Å². The summed E-state index contributed by atoms with van der Waals surface area (Å²) in [6.45, 7) is 8.47. The number of primary amides is 1. The van der Waals surface area contributed by atoms with Gasteiger partial charge in [-0.25, -0.2) is 4.98 Å². The molecule has 3 heterocycles. The molecule has 1 saturated heterocycles. The fourth-order valence-electron chi connectivity index (χ4n) is 4.39. The van der Waals surface area contributed by atoms with Gasteiger partial charge in [0.25, 0.3) is 0 Å². The molecule has 0 radical (unpaired) electrons. The molecule has 1 saturated carbocycles. The van der Waals surface area contributed by atoms with Crippen LogP contribution in [0.4, 0.5) is 0 Å². The van der Waals surface area contributed by atoms with E-state index in [2.05, 4.69) is 54.7 Å². The summed E-state index contributed by atoms with van der Waals surface area (Å²) in [4.78, 5) is 18.9. The van der Waals surface area contributed by atoms with Crippen molar-refractivity contribution in [2.45, 2.75) is 31.3 Å². The predicted molar refractivity (Wildman–Crippen MR) is 96.0 cm³/mol. The number of piperidine rings is 1. The molecular formula is C18H24N4OS. The van der Waals surface area contributed by atoms with Gasteiger partial charge in [-0.2, -0.15) is 0 Å². The Balaban J connectivity index is 1.70. The van der Waals surface area contributed by atoms with E-state index >= 15 is 0 Å². The van der Waals surface area contributed by atoms with E-state index in [1.54, 1.807) is 11.8 Å². The number of carbonyl (C=O) groups is 1. The van der Waals surface area contributed by atoms with E-state index in [0.29, 0.717) is 11.8 Å². The van der Waals surface area contributed by atoms with Crippen LogP contribution in [0.15, 0.2) is 23.4 Å². The summed E-state index contributed by atoms with van der Waals surface area (Å²) in [5, 5.41) is 1.08. The molecule has 2 aromatic heterocycles. The van der Waals surface area contributed by atoms with Crippen LogP contribution in [0.2, 0.25) is 0 Å². The summed E-state index contributed by atoms with van der Waals surface area (Å²) in [5.41, 5.74) is 7.76. The second-order valence-electron chi connectivity index (χ2n) is 7.57. The molecule has 6 heteroatoms. The van der Waals surface area contributed by atoms with Gasteiger partial charge >= 0.3 is 0 Å². The SMILES string of the molecule is CSc1nc(C(C)(C)N2CC3C(C2)C3C(N)=O)n2cccc(C)c12. The number of likely N-dealkylation sites (tertiary alicyclic amines) is 1. The second kappa shape index (κ2) is 5.23. The number of nitrogens with two attached hydrogens (primary N) is 1. The van der Waals surface area contributed by atoms with Gasteiger partial charge in [-0.15, -0.1) is 11.8 Å². The molecule has 4 rings (SSSR count). The van der Waals surface area contributed by atoms with Crippen molar-refractivity contribution in [1.29, 1.82) is 0 Å². The highest BCUT2D eigenvalue weighted by molar-refractivity contribution is 7.98. The van der Waals surface area contributed by atoms with Gasteiger partial charge in [0.15, 0.2) is 0 Å². The molecule has 0 bridgehead atoms. The molecule has 2 atom stereocenters. The van der Waals surface area contributed by atoms with Crippen molar-refractivity contribution >= 4 is 23.2 Å². The number of pyridine rings is 1. The Hall–Kier alpha value is -1.53. The summed E-state index contributed by atoms with van der Waals surface area (Å²) >= 11 is 1.69. The highest BCUT2D eigenvalue weighted by Crippen LogP contribution is 2.54. The Bertz CT molecular complexity index is 816. The van der Waals surface area contributed by atoms with Crippen LogP contribution in [0.25, 0.3) is 5.52 Å². The largest absolute Gasteiger partial charge is 0.369 e. The summed E-state index contributed by atoms with van der Waals surface area (Å²) < 4.78 is 2.23. The monoisotopic (exact) mass is 344 g/mol. The molecular weight excluding hydrogens is 320 g/mol. The second-order valence-corrected chi connectivity index (χ2v) is 8.37. The van der Waals surface area contributed by atoms with Crippen LogP contribution in [0.3, 0.4) is 0 Å². The number of thioether (sulfide) groups is 1. The van der Waals surface area contributed by atoms with Gasteiger partial charge in [0.05, 0.1) is 11.1 Å². The lowest BCUT2D eigenvalue weighted by Crippen LogP contribution is -2.43. The number of imidazole rings is 1. The van der Waals surface area contributed by atoms with Crippen molar-refractivity contribution in [2.24, 2.45) is 23.5 Å². The van der Waals surface area contributed by atoms with Crippen molar-refractivity contribution in [3.63, 3.8) is 0 Å². The number of amides is 1. The van der Waals surface area contributed by atoms with Crippen LogP contribution in [0.1, 0.15) is 25.2 Å². The minimum absolute atomic E-state index is 0.0954. The zero-order valence-corrected chi connectivity index (χ0v) is 15.4. The molecule has 2 N–H and O–H groups in total. The van der Waals surface area contributed by atoms with Crippen LogP contribution in [0.5, 0.6) is 0 Å². The van der Waals surface area contributed by atoms with Gasteiger partial charge in [0.2, 0.25) is 5.91 Å². The Labute approximate surface area is 146 Å². The molecule has 0 spiro atoms. The quantitative estimate of drug-likeness (QED) is 0.864. The first kappa shape index (κ1) is 16.0. The summed E-state index contributed by atoms with van der Waals surface area (Å²) in [6.07, 6.45) is 4.18. The maximum absolute atomic E-state index is 11.4. The molecule has 0 aromatic carbocycles. The van der Waals surface area contributed by atoms with E-state index in [1.165, 1.54) is 11.1 Å². The highest BCUT2D eigenvalue weighted by atomic mass is 32.2. The lowest BCUT2D eigenvalue weighted by atomic mass is 10.0. The van der Waals surface area contributed by atoms with Crippen LogP contribution in [0, 0.1) is 24.7 Å². The molecule has 2 aromatic rings. The third-order valence-electron chi connectivity index (χ3n) is 5.89. The van der Waals surface area contributed by atoms with E-state index in [9.17, 15) is 4.79 Å².